The summed E-state index contributed by atoms with van der Waals surface area (Å²) in [6.07, 6.45) is 10.5. The van der Waals surface area contributed by atoms with Gasteiger partial charge in [-0.15, -0.1) is 0 Å². The van der Waals surface area contributed by atoms with Crippen LogP contribution in [0.15, 0.2) is 343 Å². The molecule has 0 aliphatic carbocycles. The molecular formula is C94H67BBr2N12O2. The van der Waals surface area contributed by atoms with Crippen molar-refractivity contribution in [2.24, 2.45) is 0 Å². The normalized spacial score (nSPS) is 12.8. The summed E-state index contributed by atoms with van der Waals surface area (Å²) in [6.45, 7) is 8.22. The monoisotopic (exact) mass is 1560 g/mol. The van der Waals surface area contributed by atoms with Crippen molar-refractivity contribution in [2.75, 3.05) is 0 Å². The number of benzene rings is 13. The molecule has 0 bridgehead atoms. The van der Waals surface area contributed by atoms with Crippen molar-refractivity contribution in [2.45, 2.75) is 38.9 Å². The third-order valence-electron chi connectivity index (χ3n) is 20.0. The maximum absolute atomic E-state index is 6.04. The van der Waals surface area contributed by atoms with Crippen molar-refractivity contribution < 1.29 is 9.31 Å². The number of rotatable bonds is 12. The quantitative estimate of drug-likeness (QED) is 0.106. The van der Waals surface area contributed by atoms with Crippen molar-refractivity contribution in [3.63, 3.8) is 0 Å². The molecule has 17 heteroatoms. The second kappa shape index (κ2) is 31.0. The van der Waals surface area contributed by atoms with Crippen LogP contribution >= 0.6 is 31.9 Å². The van der Waals surface area contributed by atoms with Crippen molar-refractivity contribution in [1.82, 2.24) is 59.8 Å². The number of hydrogen-bond donors (Lipinski definition) is 0. The Morgan fingerprint density at radius 2 is 0.459 bits per heavy atom. The number of hydrogen-bond acceptors (Lipinski definition) is 14. The van der Waals surface area contributed by atoms with Crippen LogP contribution in [0.4, 0.5) is 0 Å². The van der Waals surface area contributed by atoms with Gasteiger partial charge in [-0.1, -0.05) is 250 Å². The van der Waals surface area contributed by atoms with Crippen molar-refractivity contribution >= 4 is 87.5 Å². The van der Waals surface area contributed by atoms with Gasteiger partial charge in [-0.05, 0) is 177 Å². The van der Waals surface area contributed by atoms with Gasteiger partial charge in [0.05, 0.1) is 11.2 Å². The molecule has 532 valence electrons. The van der Waals surface area contributed by atoms with E-state index >= 15 is 0 Å². The highest BCUT2D eigenvalue weighted by Gasteiger charge is 2.51. The largest absolute Gasteiger partial charge is 0.494 e. The molecule has 19 rings (SSSR count). The SMILES string of the molecule is Brc1cc(Br)cc(-c2nc(-c3ccc4ccccc4c3)nc(-c3ccc4ccccc4c3)n2)c1.CC1(C)OB(c2ccc(-c3ncccn3)cc2)OC1(C)C.c1cnc(-c2ccc(-c3cc(-c4ccc(-c5ncccn5)cc4)cc(-c4nc(-c5ccc6ccccc6c5)nc(-c5ccc6ccccc6c5)n4)c3)cc2)nc1. The summed E-state index contributed by atoms with van der Waals surface area (Å²) in [5.74, 6) is 5.81. The fourth-order valence-electron chi connectivity index (χ4n) is 13.3. The minimum atomic E-state index is -0.333. The highest BCUT2D eigenvalue weighted by atomic mass is 79.9. The second-order valence-electron chi connectivity index (χ2n) is 27.9. The smallest absolute Gasteiger partial charge is 0.399 e. The third-order valence-corrected chi connectivity index (χ3v) is 20.9. The Hall–Kier alpha value is -12.9. The first kappa shape index (κ1) is 71.1. The average Bonchev–Trinajstić information content (AvgIpc) is 1.76. The summed E-state index contributed by atoms with van der Waals surface area (Å²) in [6, 6.07) is 101. The molecular weight excluding hydrogens is 1500 g/mol. The first-order chi connectivity index (χ1) is 54.2. The molecule has 0 saturated carbocycles. The lowest BCUT2D eigenvalue weighted by molar-refractivity contribution is 0.00578. The molecule has 6 heterocycles. The molecule has 1 aliphatic rings. The Labute approximate surface area is 659 Å². The minimum absolute atomic E-state index is 0.321. The van der Waals surface area contributed by atoms with E-state index in [9.17, 15) is 0 Å². The zero-order chi connectivity index (χ0) is 75.4. The first-order valence-electron chi connectivity index (χ1n) is 36.3. The van der Waals surface area contributed by atoms with Gasteiger partial charge in [0.2, 0.25) is 0 Å². The molecule has 0 atom stereocenters. The van der Waals surface area contributed by atoms with Gasteiger partial charge in [0.25, 0.3) is 0 Å². The summed E-state index contributed by atoms with van der Waals surface area (Å²) >= 11 is 7.18. The predicted octanol–water partition coefficient (Wildman–Crippen LogP) is 22.6. The zero-order valence-electron chi connectivity index (χ0n) is 60.8. The van der Waals surface area contributed by atoms with E-state index in [0.717, 1.165) is 125 Å². The number of aromatic nitrogens is 12. The van der Waals surface area contributed by atoms with Gasteiger partial charge in [0.1, 0.15) is 0 Å². The van der Waals surface area contributed by atoms with Crippen molar-refractivity contribution in [1.29, 1.82) is 0 Å². The van der Waals surface area contributed by atoms with Gasteiger partial charge < -0.3 is 9.31 Å². The molecule has 111 heavy (non-hydrogen) atoms. The van der Waals surface area contributed by atoms with E-state index in [-0.39, 0.29) is 18.3 Å². The molecule has 1 saturated heterocycles. The van der Waals surface area contributed by atoms with Crippen LogP contribution in [0, 0.1) is 0 Å². The van der Waals surface area contributed by atoms with Crippen LogP contribution in [-0.2, 0) is 9.31 Å². The molecule has 13 aromatic carbocycles. The van der Waals surface area contributed by atoms with Crippen LogP contribution < -0.4 is 5.46 Å². The summed E-state index contributed by atoms with van der Waals surface area (Å²) in [7, 11) is -0.333. The van der Waals surface area contributed by atoms with Crippen molar-refractivity contribution in [3.8, 4) is 125 Å². The third kappa shape index (κ3) is 15.8. The summed E-state index contributed by atoms with van der Waals surface area (Å²) in [4.78, 5) is 56.5. The second-order valence-corrected chi connectivity index (χ2v) is 29.7. The van der Waals surface area contributed by atoms with Gasteiger partial charge >= 0.3 is 7.12 Å². The Balaban J connectivity index is 0.000000137. The number of fused-ring (bicyclic) bond motifs is 4. The number of nitrogens with zero attached hydrogens (tertiary/aromatic N) is 12. The molecule has 0 spiro atoms. The lowest BCUT2D eigenvalue weighted by Crippen LogP contribution is -2.41. The van der Waals surface area contributed by atoms with Crippen LogP contribution in [0.25, 0.3) is 168 Å². The summed E-state index contributed by atoms with van der Waals surface area (Å²) in [5.41, 5.74) is 12.9. The van der Waals surface area contributed by atoms with Crippen LogP contribution in [0.1, 0.15) is 27.7 Å². The van der Waals surface area contributed by atoms with Crippen LogP contribution in [0.5, 0.6) is 0 Å². The van der Waals surface area contributed by atoms with E-state index in [0.29, 0.717) is 46.6 Å². The van der Waals surface area contributed by atoms with Gasteiger partial charge in [-0.3, -0.25) is 0 Å². The van der Waals surface area contributed by atoms with Crippen molar-refractivity contribution in [3.05, 3.63) is 343 Å². The molecule has 0 unspecified atom stereocenters. The standard InChI is InChI=1S/C49H31N7.C29H17Br2N3.C16H19BN2O2/c1-3-9-38-27-40(21-15-32(38)7-1)47-54-48(41-22-16-33-8-2-4-10-39(33)28-41)56-49(55-47)44-30-42(34-11-17-36(18-12-34)45-50-23-5-24-51-45)29-43(31-44)35-13-19-37(20-14-35)46-52-25-6-26-53-46;30-25-15-24(16-26(31)17-25)29-33-27(22-11-9-18-5-1-3-7-20(18)13-22)32-28(34-29)23-12-10-19-6-2-4-8-21(19)14-23;1-15(2)16(3,4)21-17(20-15)13-8-6-12(7-9-13)14-18-10-5-11-19-14/h1-31H;1-17H;5-11H,1-4H3. The maximum Gasteiger partial charge on any atom is 0.494 e. The highest BCUT2D eigenvalue weighted by Crippen LogP contribution is 2.39. The molecule has 14 nitrogen and oxygen atoms in total. The predicted molar refractivity (Wildman–Crippen MR) is 454 cm³/mol. The van der Waals surface area contributed by atoms with E-state index in [1.807, 2.05) is 84.9 Å². The topological polar surface area (TPSA) is 173 Å². The minimum Gasteiger partial charge on any atom is -0.399 e. The molecule has 5 aromatic heterocycles. The Morgan fingerprint density at radius 1 is 0.216 bits per heavy atom. The zero-order valence-corrected chi connectivity index (χ0v) is 63.9. The number of halogens is 2. The first-order valence-corrected chi connectivity index (χ1v) is 37.9. The van der Waals surface area contributed by atoms with Crippen LogP contribution in [0.3, 0.4) is 0 Å². The lowest BCUT2D eigenvalue weighted by atomic mass is 9.79. The Morgan fingerprint density at radius 3 is 0.766 bits per heavy atom. The molecule has 0 amide bonds. The molecule has 1 aliphatic heterocycles. The summed E-state index contributed by atoms with van der Waals surface area (Å²) < 4.78 is 14.0. The fourth-order valence-corrected chi connectivity index (χ4v) is 14.6. The van der Waals surface area contributed by atoms with Crippen LogP contribution in [-0.4, -0.2) is 78.1 Å². The van der Waals surface area contributed by atoms with E-state index in [1.54, 1.807) is 37.2 Å². The molecule has 0 N–H and O–H groups in total. The van der Waals surface area contributed by atoms with Gasteiger partial charge in [-0.2, -0.15) is 0 Å². The molecule has 18 aromatic rings. The lowest BCUT2D eigenvalue weighted by Gasteiger charge is -2.32. The Bertz CT molecular complexity index is 6120. The summed E-state index contributed by atoms with van der Waals surface area (Å²) in [5, 5.41) is 9.24. The van der Waals surface area contributed by atoms with E-state index < -0.39 is 0 Å². The fraction of sp³-hybridized carbons (Fsp3) is 0.0638. The Kier molecular flexibility index (Phi) is 19.8. The molecule has 0 radical (unpaired) electrons. The van der Waals surface area contributed by atoms with E-state index in [1.165, 1.54) is 10.8 Å². The highest BCUT2D eigenvalue weighted by molar-refractivity contribution is 9.11. The van der Waals surface area contributed by atoms with Crippen LogP contribution in [0.2, 0.25) is 0 Å². The van der Waals surface area contributed by atoms with Gasteiger partial charge in [0.15, 0.2) is 52.4 Å². The van der Waals surface area contributed by atoms with Gasteiger partial charge in [0, 0.05) is 96.2 Å². The molecule has 1 fully saturated rings. The van der Waals surface area contributed by atoms with Gasteiger partial charge in [-0.25, -0.2) is 59.8 Å². The maximum atomic E-state index is 6.04. The average molecular weight is 1570 g/mol. The van der Waals surface area contributed by atoms with E-state index in [2.05, 4.69) is 302 Å². The van der Waals surface area contributed by atoms with E-state index in [4.69, 9.17) is 39.2 Å².